The molecule has 1 heterocycles. The molecule has 1 saturated heterocycles. The summed E-state index contributed by atoms with van der Waals surface area (Å²) >= 11 is 0. The Balaban J connectivity index is 2.24. The number of halogens is 3. The Morgan fingerprint density at radius 3 is 2.76 bits per heavy atom. The lowest BCUT2D eigenvalue weighted by molar-refractivity contribution is -0.138. The van der Waals surface area contributed by atoms with Gasteiger partial charge in [-0.1, -0.05) is 6.07 Å². The number of hydrogen-bond acceptors (Lipinski definition) is 3. The summed E-state index contributed by atoms with van der Waals surface area (Å²) in [5.41, 5.74) is 5.48. The van der Waals surface area contributed by atoms with Gasteiger partial charge in [0.25, 0.3) is 0 Å². The Bertz CT molecular complexity index is 474. The van der Waals surface area contributed by atoms with Crippen LogP contribution in [0.15, 0.2) is 18.2 Å². The van der Waals surface area contributed by atoms with Crippen LogP contribution in [-0.4, -0.2) is 25.8 Å². The number of piperidine rings is 1. The maximum absolute atomic E-state index is 13.1. The van der Waals surface area contributed by atoms with Gasteiger partial charge in [0.15, 0.2) is 0 Å². The fourth-order valence-corrected chi connectivity index (χ4v) is 2.75. The third-order valence-electron chi connectivity index (χ3n) is 3.76. The monoisotopic (exact) mass is 302 g/mol. The van der Waals surface area contributed by atoms with E-state index in [1.165, 1.54) is 12.1 Å². The second kappa shape index (κ2) is 6.66. The van der Waals surface area contributed by atoms with E-state index in [0.29, 0.717) is 18.8 Å². The number of alkyl halides is 3. The summed E-state index contributed by atoms with van der Waals surface area (Å²) in [6, 6.07) is 4.39. The normalized spacial score (nSPS) is 19.9. The van der Waals surface area contributed by atoms with Crippen molar-refractivity contribution in [1.29, 1.82) is 0 Å². The highest BCUT2D eigenvalue weighted by molar-refractivity contribution is 5.52. The molecule has 21 heavy (non-hydrogen) atoms. The minimum Gasteiger partial charge on any atom is -0.377 e. The SMILES string of the molecule is CCOC1CCCN(c2ccc(CN)c(C(F)(F)F)c2)C1. The third kappa shape index (κ3) is 3.89. The molecule has 118 valence electrons. The number of rotatable bonds is 4. The smallest absolute Gasteiger partial charge is 0.377 e. The number of nitrogens with two attached hydrogens (primary N) is 1. The van der Waals surface area contributed by atoms with Crippen LogP contribution in [0, 0.1) is 0 Å². The molecule has 1 aliphatic heterocycles. The van der Waals surface area contributed by atoms with Crippen LogP contribution < -0.4 is 10.6 Å². The van der Waals surface area contributed by atoms with Gasteiger partial charge in [0.2, 0.25) is 0 Å². The maximum atomic E-state index is 13.1. The molecular formula is C15H21F3N2O. The van der Waals surface area contributed by atoms with Crippen LogP contribution in [0.5, 0.6) is 0 Å². The Kier molecular flexibility index (Phi) is 5.11. The Morgan fingerprint density at radius 1 is 1.38 bits per heavy atom. The third-order valence-corrected chi connectivity index (χ3v) is 3.76. The van der Waals surface area contributed by atoms with E-state index in [1.54, 1.807) is 6.07 Å². The van der Waals surface area contributed by atoms with Gasteiger partial charge in [-0.25, -0.2) is 0 Å². The first-order valence-corrected chi connectivity index (χ1v) is 7.22. The van der Waals surface area contributed by atoms with Gasteiger partial charge in [-0.15, -0.1) is 0 Å². The summed E-state index contributed by atoms with van der Waals surface area (Å²) in [6.07, 6.45) is -2.41. The van der Waals surface area contributed by atoms with Gasteiger partial charge in [-0.05, 0) is 37.5 Å². The highest BCUT2D eigenvalue weighted by atomic mass is 19.4. The molecular weight excluding hydrogens is 281 g/mol. The lowest BCUT2D eigenvalue weighted by Gasteiger charge is -2.34. The molecule has 1 fully saturated rings. The summed E-state index contributed by atoms with van der Waals surface area (Å²) < 4.78 is 44.8. The first-order chi connectivity index (χ1) is 9.95. The highest BCUT2D eigenvalue weighted by Crippen LogP contribution is 2.35. The van der Waals surface area contributed by atoms with E-state index in [-0.39, 0.29) is 18.2 Å². The summed E-state index contributed by atoms with van der Waals surface area (Å²) in [4.78, 5) is 1.96. The van der Waals surface area contributed by atoms with Gasteiger partial charge in [0.05, 0.1) is 11.7 Å². The lowest BCUT2D eigenvalue weighted by Crippen LogP contribution is -2.39. The summed E-state index contributed by atoms with van der Waals surface area (Å²) in [5.74, 6) is 0. The number of ether oxygens (including phenoxy) is 1. The first kappa shape index (κ1) is 16.1. The Labute approximate surface area is 122 Å². The molecule has 0 bridgehead atoms. The van der Waals surface area contributed by atoms with Crippen LogP contribution in [0.2, 0.25) is 0 Å². The van der Waals surface area contributed by atoms with E-state index >= 15 is 0 Å². The van der Waals surface area contributed by atoms with Crippen LogP contribution in [0.1, 0.15) is 30.9 Å². The van der Waals surface area contributed by atoms with Crippen molar-refractivity contribution in [3.8, 4) is 0 Å². The van der Waals surface area contributed by atoms with Crippen molar-refractivity contribution in [2.45, 2.75) is 38.6 Å². The van der Waals surface area contributed by atoms with Gasteiger partial charge in [-0.3, -0.25) is 0 Å². The minimum absolute atomic E-state index is 0.0901. The van der Waals surface area contributed by atoms with Gasteiger partial charge < -0.3 is 15.4 Å². The molecule has 0 aromatic heterocycles. The summed E-state index contributed by atoms with van der Waals surface area (Å²) in [6.45, 7) is 3.82. The lowest BCUT2D eigenvalue weighted by atomic mass is 10.0. The van der Waals surface area contributed by atoms with E-state index in [0.717, 1.165) is 19.4 Å². The molecule has 1 aromatic carbocycles. The van der Waals surface area contributed by atoms with Gasteiger partial charge in [-0.2, -0.15) is 13.2 Å². The summed E-state index contributed by atoms with van der Waals surface area (Å²) in [5, 5.41) is 0. The molecule has 1 unspecified atom stereocenters. The number of nitrogens with zero attached hydrogens (tertiary/aromatic N) is 1. The van der Waals surface area contributed by atoms with Crippen LogP contribution in [0.4, 0.5) is 18.9 Å². The molecule has 6 heteroatoms. The van der Waals surface area contributed by atoms with E-state index < -0.39 is 11.7 Å². The van der Waals surface area contributed by atoms with Crippen LogP contribution in [-0.2, 0) is 17.5 Å². The summed E-state index contributed by atoms with van der Waals surface area (Å²) in [7, 11) is 0. The molecule has 0 aliphatic carbocycles. The molecule has 1 aliphatic rings. The zero-order valence-corrected chi connectivity index (χ0v) is 12.1. The van der Waals surface area contributed by atoms with Crippen molar-refractivity contribution in [3.63, 3.8) is 0 Å². The maximum Gasteiger partial charge on any atom is 0.416 e. The molecule has 1 atom stereocenters. The fourth-order valence-electron chi connectivity index (χ4n) is 2.75. The van der Waals surface area contributed by atoms with Crippen molar-refractivity contribution in [3.05, 3.63) is 29.3 Å². The van der Waals surface area contributed by atoms with Gasteiger partial charge in [0, 0.05) is 31.9 Å². The van der Waals surface area contributed by atoms with Crippen molar-refractivity contribution in [1.82, 2.24) is 0 Å². The second-order valence-corrected chi connectivity index (χ2v) is 5.21. The predicted molar refractivity (Wildman–Crippen MR) is 76.2 cm³/mol. The van der Waals surface area contributed by atoms with Crippen molar-refractivity contribution in [2.24, 2.45) is 5.73 Å². The second-order valence-electron chi connectivity index (χ2n) is 5.21. The fraction of sp³-hybridized carbons (Fsp3) is 0.600. The standard InChI is InChI=1S/C15H21F3N2O/c1-2-21-13-4-3-7-20(10-13)12-6-5-11(9-19)14(8-12)15(16,17)18/h5-6,8,13H,2-4,7,9-10,19H2,1H3. The molecule has 2 N–H and O–H groups in total. The van der Waals surface area contributed by atoms with Crippen molar-refractivity contribution < 1.29 is 17.9 Å². The van der Waals surface area contributed by atoms with Crippen molar-refractivity contribution in [2.75, 3.05) is 24.6 Å². The zero-order valence-electron chi connectivity index (χ0n) is 12.1. The Morgan fingerprint density at radius 2 is 2.14 bits per heavy atom. The molecule has 2 rings (SSSR count). The quantitative estimate of drug-likeness (QED) is 0.928. The topological polar surface area (TPSA) is 38.5 Å². The largest absolute Gasteiger partial charge is 0.416 e. The zero-order chi connectivity index (χ0) is 15.5. The van der Waals surface area contributed by atoms with Crippen LogP contribution in [0.3, 0.4) is 0 Å². The molecule has 0 spiro atoms. The number of hydrogen-bond donors (Lipinski definition) is 1. The molecule has 0 amide bonds. The average molecular weight is 302 g/mol. The van der Waals surface area contributed by atoms with Crippen LogP contribution in [0.25, 0.3) is 0 Å². The van der Waals surface area contributed by atoms with E-state index in [2.05, 4.69) is 0 Å². The average Bonchev–Trinajstić information content (AvgIpc) is 2.46. The minimum atomic E-state index is -4.38. The molecule has 1 aromatic rings. The van der Waals surface area contributed by atoms with Crippen LogP contribution >= 0.6 is 0 Å². The van der Waals surface area contributed by atoms with Gasteiger partial charge >= 0.3 is 6.18 Å². The van der Waals surface area contributed by atoms with Gasteiger partial charge in [0.1, 0.15) is 0 Å². The van der Waals surface area contributed by atoms with E-state index in [9.17, 15) is 13.2 Å². The van der Waals surface area contributed by atoms with E-state index in [4.69, 9.17) is 10.5 Å². The first-order valence-electron chi connectivity index (χ1n) is 7.22. The molecule has 0 saturated carbocycles. The molecule has 3 nitrogen and oxygen atoms in total. The van der Waals surface area contributed by atoms with E-state index in [1.807, 2.05) is 11.8 Å². The highest BCUT2D eigenvalue weighted by Gasteiger charge is 2.34. The van der Waals surface area contributed by atoms with Crippen molar-refractivity contribution >= 4 is 5.69 Å². The Hall–Kier alpha value is -1.27. The molecule has 0 radical (unpaired) electrons. The predicted octanol–water partition coefficient (Wildman–Crippen LogP) is 3.17. The number of benzene rings is 1. The number of anilines is 1.